The van der Waals surface area contributed by atoms with E-state index in [0.717, 1.165) is 4.47 Å². The second-order valence-corrected chi connectivity index (χ2v) is 6.87. The molecule has 2 aromatic carbocycles. The van der Waals surface area contributed by atoms with E-state index in [9.17, 15) is 8.42 Å². The van der Waals surface area contributed by atoms with Gasteiger partial charge >= 0.3 is 0 Å². The maximum Gasteiger partial charge on any atom is 0.261 e. The number of halogens is 2. The van der Waals surface area contributed by atoms with Crippen molar-refractivity contribution in [3.05, 3.63) is 57.5 Å². The van der Waals surface area contributed by atoms with Crippen LogP contribution in [0.5, 0.6) is 0 Å². The average molecular weight is 372 g/mol. The van der Waals surface area contributed by atoms with Gasteiger partial charge in [0.05, 0.1) is 21.2 Å². The van der Waals surface area contributed by atoms with Gasteiger partial charge in [0.25, 0.3) is 10.0 Å². The molecule has 0 bridgehead atoms. The highest BCUT2D eigenvalue weighted by atomic mass is 79.9. The maximum absolute atomic E-state index is 12.2. The summed E-state index contributed by atoms with van der Waals surface area (Å²) < 4.78 is 27.5. The predicted molar refractivity (Wildman–Crippen MR) is 81.1 cm³/mol. The van der Waals surface area contributed by atoms with Crippen LogP contribution in [0.1, 0.15) is 5.56 Å². The van der Waals surface area contributed by atoms with Crippen LogP contribution in [-0.4, -0.2) is 8.42 Å². The quantitative estimate of drug-likeness (QED) is 0.892. The van der Waals surface area contributed by atoms with Crippen LogP contribution < -0.4 is 4.72 Å². The van der Waals surface area contributed by atoms with Gasteiger partial charge in [-0.3, -0.25) is 4.72 Å². The third kappa shape index (κ3) is 3.31. The van der Waals surface area contributed by atoms with Crippen molar-refractivity contribution in [2.75, 3.05) is 4.72 Å². The Morgan fingerprint density at radius 2 is 1.80 bits per heavy atom. The van der Waals surface area contributed by atoms with Crippen LogP contribution in [0.3, 0.4) is 0 Å². The third-order valence-corrected chi connectivity index (χ3v) is 4.72. The molecule has 0 aliphatic carbocycles. The summed E-state index contributed by atoms with van der Waals surface area (Å²) in [4.78, 5) is 0.133. The number of rotatable bonds is 3. The summed E-state index contributed by atoms with van der Waals surface area (Å²) in [5, 5.41) is 9.15. The van der Waals surface area contributed by atoms with Crippen molar-refractivity contribution in [3.8, 4) is 6.07 Å². The van der Waals surface area contributed by atoms with Gasteiger partial charge in [0.15, 0.2) is 0 Å². The summed E-state index contributed by atoms with van der Waals surface area (Å²) in [6.45, 7) is 0. The van der Waals surface area contributed by atoms with Crippen LogP contribution >= 0.6 is 27.5 Å². The van der Waals surface area contributed by atoms with Crippen molar-refractivity contribution in [1.82, 2.24) is 0 Å². The monoisotopic (exact) mass is 370 g/mol. The predicted octanol–water partition coefficient (Wildman–Crippen LogP) is 3.77. The van der Waals surface area contributed by atoms with Crippen molar-refractivity contribution in [2.45, 2.75) is 4.90 Å². The molecule has 0 spiro atoms. The van der Waals surface area contributed by atoms with Crippen LogP contribution in [0, 0.1) is 11.3 Å². The molecule has 4 nitrogen and oxygen atoms in total. The molecule has 2 rings (SSSR count). The highest BCUT2D eigenvalue weighted by Gasteiger charge is 2.14. The van der Waals surface area contributed by atoms with Crippen molar-refractivity contribution in [3.63, 3.8) is 0 Å². The van der Waals surface area contributed by atoms with E-state index in [1.54, 1.807) is 12.1 Å². The minimum absolute atomic E-state index is 0.133. The maximum atomic E-state index is 12.2. The number of hydrogen-bond acceptors (Lipinski definition) is 3. The van der Waals surface area contributed by atoms with E-state index in [0.29, 0.717) is 0 Å². The van der Waals surface area contributed by atoms with E-state index in [2.05, 4.69) is 20.7 Å². The number of nitriles is 1. The molecule has 7 heteroatoms. The number of anilines is 1. The highest BCUT2D eigenvalue weighted by Crippen LogP contribution is 2.22. The Morgan fingerprint density at radius 1 is 1.15 bits per heavy atom. The lowest BCUT2D eigenvalue weighted by atomic mass is 10.2. The standard InChI is InChI=1S/C13H8BrClN2O2S/c14-10-1-4-12(5-2-10)20(18,19)17-11-3-6-13(15)9(7-11)8-16/h1-7,17H. The lowest BCUT2D eigenvalue weighted by molar-refractivity contribution is 0.601. The molecule has 0 unspecified atom stereocenters. The summed E-state index contributed by atoms with van der Waals surface area (Å²) in [5.74, 6) is 0. The third-order valence-electron chi connectivity index (χ3n) is 2.46. The Balaban J connectivity index is 2.34. The molecule has 0 fully saturated rings. The summed E-state index contributed by atoms with van der Waals surface area (Å²) in [7, 11) is -3.69. The Labute approximate surface area is 130 Å². The topological polar surface area (TPSA) is 70.0 Å². The van der Waals surface area contributed by atoms with Crippen molar-refractivity contribution in [2.24, 2.45) is 0 Å². The van der Waals surface area contributed by atoms with Gasteiger partial charge in [0.1, 0.15) is 6.07 Å². The van der Waals surface area contributed by atoms with Gasteiger partial charge in [0, 0.05) is 4.47 Å². The Bertz CT molecular complexity index is 783. The molecular formula is C13H8BrClN2O2S. The lowest BCUT2D eigenvalue weighted by Gasteiger charge is -2.08. The second-order valence-electron chi connectivity index (χ2n) is 3.87. The van der Waals surface area contributed by atoms with E-state index in [-0.39, 0.29) is 21.2 Å². The normalized spacial score (nSPS) is 10.8. The van der Waals surface area contributed by atoms with Gasteiger partial charge in [-0.25, -0.2) is 8.42 Å². The van der Waals surface area contributed by atoms with Crippen LogP contribution in [0.15, 0.2) is 51.8 Å². The van der Waals surface area contributed by atoms with E-state index in [1.165, 1.54) is 30.3 Å². The van der Waals surface area contributed by atoms with Crippen molar-refractivity contribution >= 4 is 43.2 Å². The molecule has 0 radical (unpaired) electrons. The molecule has 0 saturated carbocycles. The minimum Gasteiger partial charge on any atom is -0.280 e. The fraction of sp³-hybridized carbons (Fsp3) is 0. The fourth-order valence-corrected chi connectivity index (χ4v) is 2.98. The molecule has 20 heavy (non-hydrogen) atoms. The number of hydrogen-bond donors (Lipinski definition) is 1. The second kappa shape index (κ2) is 5.83. The molecule has 0 aliphatic heterocycles. The molecule has 0 atom stereocenters. The fourth-order valence-electron chi connectivity index (χ4n) is 1.50. The first-order valence-corrected chi connectivity index (χ1v) is 8.06. The van der Waals surface area contributed by atoms with Crippen LogP contribution in [-0.2, 0) is 10.0 Å². The first-order chi connectivity index (χ1) is 9.42. The van der Waals surface area contributed by atoms with E-state index >= 15 is 0 Å². The molecule has 0 heterocycles. The Kier molecular flexibility index (Phi) is 4.33. The Hall–Kier alpha value is -1.55. The minimum atomic E-state index is -3.69. The summed E-state index contributed by atoms with van der Waals surface area (Å²) in [6.07, 6.45) is 0. The number of nitrogens with zero attached hydrogens (tertiary/aromatic N) is 1. The zero-order valence-corrected chi connectivity index (χ0v) is 13.1. The van der Waals surface area contributed by atoms with Crippen LogP contribution in [0.25, 0.3) is 0 Å². The zero-order chi connectivity index (χ0) is 14.8. The molecule has 0 saturated heterocycles. The Morgan fingerprint density at radius 3 is 2.40 bits per heavy atom. The van der Waals surface area contributed by atoms with E-state index in [4.69, 9.17) is 16.9 Å². The van der Waals surface area contributed by atoms with E-state index in [1.807, 2.05) is 6.07 Å². The van der Waals surface area contributed by atoms with Gasteiger partial charge < -0.3 is 0 Å². The molecular weight excluding hydrogens is 364 g/mol. The summed E-state index contributed by atoms with van der Waals surface area (Å²) in [6, 6.07) is 12.5. The summed E-state index contributed by atoms with van der Waals surface area (Å²) >= 11 is 9.04. The SMILES string of the molecule is N#Cc1cc(NS(=O)(=O)c2ccc(Br)cc2)ccc1Cl. The molecule has 2 aromatic rings. The average Bonchev–Trinajstić information content (AvgIpc) is 2.41. The van der Waals surface area contributed by atoms with Crippen molar-refractivity contribution in [1.29, 1.82) is 5.26 Å². The van der Waals surface area contributed by atoms with Crippen LogP contribution in [0.2, 0.25) is 5.02 Å². The van der Waals surface area contributed by atoms with Gasteiger partial charge in [-0.15, -0.1) is 0 Å². The van der Waals surface area contributed by atoms with E-state index < -0.39 is 10.0 Å². The van der Waals surface area contributed by atoms with Gasteiger partial charge in [-0.1, -0.05) is 27.5 Å². The number of benzene rings is 2. The largest absolute Gasteiger partial charge is 0.280 e. The molecule has 0 aliphatic rings. The highest BCUT2D eigenvalue weighted by molar-refractivity contribution is 9.10. The molecule has 0 amide bonds. The number of nitrogens with one attached hydrogen (secondary N) is 1. The number of sulfonamides is 1. The van der Waals surface area contributed by atoms with Crippen LogP contribution in [0.4, 0.5) is 5.69 Å². The molecule has 0 aromatic heterocycles. The lowest BCUT2D eigenvalue weighted by Crippen LogP contribution is -2.12. The van der Waals surface area contributed by atoms with Crippen molar-refractivity contribution < 1.29 is 8.42 Å². The molecule has 1 N–H and O–H groups in total. The first kappa shape index (κ1) is 14.9. The molecule has 102 valence electrons. The van der Waals surface area contributed by atoms with Gasteiger partial charge in [-0.05, 0) is 42.5 Å². The summed E-state index contributed by atoms with van der Waals surface area (Å²) in [5.41, 5.74) is 0.497. The van der Waals surface area contributed by atoms with Gasteiger partial charge in [-0.2, -0.15) is 5.26 Å². The smallest absolute Gasteiger partial charge is 0.261 e. The first-order valence-electron chi connectivity index (χ1n) is 5.40. The van der Waals surface area contributed by atoms with Gasteiger partial charge in [0.2, 0.25) is 0 Å². The zero-order valence-electron chi connectivity index (χ0n) is 9.97.